The number of aromatic hydroxyl groups is 1. The van der Waals surface area contributed by atoms with E-state index in [-0.39, 0.29) is 28.5 Å². The molecule has 1 aromatic heterocycles. The fraction of sp³-hybridized carbons (Fsp3) is 0.0909. The Kier molecular flexibility index (Phi) is 2.88. The van der Waals surface area contributed by atoms with Gasteiger partial charge in [0.2, 0.25) is 0 Å². The summed E-state index contributed by atoms with van der Waals surface area (Å²) >= 11 is 0. The van der Waals surface area contributed by atoms with E-state index in [1.807, 2.05) is 0 Å². The van der Waals surface area contributed by atoms with Gasteiger partial charge < -0.3 is 19.5 Å². The van der Waals surface area contributed by atoms with Crippen molar-refractivity contribution >= 4 is 5.97 Å². The van der Waals surface area contributed by atoms with Gasteiger partial charge >= 0.3 is 5.97 Å². The van der Waals surface area contributed by atoms with Crippen LogP contribution in [0.15, 0.2) is 22.7 Å². The minimum absolute atomic E-state index is 0.00620. The summed E-state index contributed by atoms with van der Waals surface area (Å²) < 4.78 is 22.9. The maximum atomic E-state index is 13.5. The molecule has 0 aliphatic carbocycles. The molecule has 2 N–H and O–H groups in total. The summed E-state index contributed by atoms with van der Waals surface area (Å²) in [5.41, 5.74) is -0.339. The van der Waals surface area contributed by atoms with Gasteiger partial charge in [0.15, 0.2) is 23.0 Å². The lowest BCUT2D eigenvalue weighted by Gasteiger charge is -2.05. The summed E-state index contributed by atoms with van der Waals surface area (Å²) in [6.07, 6.45) is 0. The first-order chi connectivity index (χ1) is 8.52. The predicted octanol–water partition coefficient (Wildman–Crippen LogP) is 1.89. The van der Waals surface area contributed by atoms with Gasteiger partial charge in [0.25, 0.3) is 0 Å². The van der Waals surface area contributed by atoms with Crippen molar-refractivity contribution in [1.29, 1.82) is 0 Å². The first kappa shape index (κ1) is 11.9. The molecule has 0 bridgehead atoms. The van der Waals surface area contributed by atoms with Gasteiger partial charge in [0.1, 0.15) is 5.75 Å². The Labute approximate surface area is 100 Å². The second kappa shape index (κ2) is 4.36. The van der Waals surface area contributed by atoms with E-state index in [0.29, 0.717) is 0 Å². The van der Waals surface area contributed by atoms with Gasteiger partial charge in [0, 0.05) is 12.1 Å². The number of methoxy groups -OCH3 is 1. The Hall–Kier alpha value is -2.57. The van der Waals surface area contributed by atoms with Crippen molar-refractivity contribution in [2.45, 2.75) is 0 Å². The molecule has 0 spiro atoms. The highest BCUT2D eigenvalue weighted by Crippen LogP contribution is 2.34. The van der Waals surface area contributed by atoms with Crippen LogP contribution in [-0.4, -0.2) is 28.4 Å². The van der Waals surface area contributed by atoms with Crippen LogP contribution in [0.2, 0.25) is 0 Å². The highest BCUT2D eigenvalue weighted by atomic mass is 19.1. The molecule has 1 aromatic carbocycles. The van der Waals surface area contributed by atoms with E-state index >= 15 is 0 Å². The molecule has 0 saturated carbocycles. The summed E-state index contributed by atoms with van der Waals surface area (Å²) in [4.78, 5) is 10.6. The SMILES string of the molecule is COc1cc(O)c(-c2cc(C(=O)O)no2)cc1F. The van der Waals surface area contributed by atoms with Crippen LogP contribution in [0.25, 0.3) is 11.3 Å². The van der Waals surface area contributed by atoms with Gasteiger partial charge in [-0.1, -0.05) is 5.16 Å². The van der Waals surface area contributed by atoms with Crippen LogP contribution in [0, 0.1) is 5.82 Å². The average Bonchev–Trinajstić information content (AvgIpc) is 2.81. The molecule has 18 heavy (non-hydrogen) atoms. The van der Waals surface area contributed by atoms with Crippen molar-refractivity contribution in [2.75, 3.05) is 7.11 Å². The lowest BCUT2D eigenvalue weighted by Crippen LogP contribution is -1.94. The van der Waals surface area contributed by atoms with Crippen molar-refractivity contribution in [3.8, 4) is 22.8 Å². The normalized spacial score (nSPS) is 10.3. The van der Waals surface area contributed by atoms with Gasteiger partial charge in [-0.2, -0.15) is 0 Å². The molecule has 1 heterocycles. The monoisotopic (exact) mass is 253 g/mol. The van der Waals surface area contributed by atoms with E-state index in [1.165, 1.54) is 7.11 Å². The molecule has 6 nitrogen and oxygen atoms in total. The quantitative estimate of drug-likeness (QED) is 0.867. The van der Waals surface area contributed by atoms with Crippen LogP contribution in [-0.2, 0) is 0 Å². The molecule has 94 valence electrons. The standard InChI is InChI=1S/C11H8FNO5/c1-17-10-4-8(14)5(2-6(10)12)9-3-7(11(15)16)13-18-9/h2-4,14H,1H3,(H,15,16). The molecule has 0 fully saturated rings. The molecule has 2 aromatic rings. The Balaban J connectivity index is 2.50. The second-order valence-corrected chi connectivity index (χ2v) is 3.39. The third kappa shape index (κ3) is 1.97. The maximum Gasteiger partial charge on any atom is 0.358 e. The van der Waals surface area contributed by atoms with Crippen molar-refractivity contribution < 1.29 is 28.7 Å². The molecule has 0 atom stereocenters. The highest BCUT2D eigenvalue weighted by molar-refractivity contribution is 5.86. The van der Waals surface area contributed by atoms with Crippen molar-refractivity contribution in [3.05, 3.63) is 29.7 Å². The summed E-state index contributed by atoms with van der Waals surface area (Å²) in [7, 11) is 1.26. The molecule has 0 amide bonds. The zero-order valence-electron chi connectivity index (χ0n) is 9.18. The van der Waals surface area contributed by atoms with Crippen molar-refractivity contribution in [1.82, 2.24) is 5.16 Å². The number of phenolic OH excluding ortho intramolecular Hbond substituents is 1. The summed E-state index contributed by atoms with van der Waals surface area (Å²) in [6.45, 7) is 0. The number of rotatable bonds is 3. The molecular formula is C11H8FNO5. The number of phenols is 1. The third-order valence-electron chi connectivity index (χ3n) is 2.26. The first-order valence-corrected chi connectivity index (χ1v) is 4.80. The smallest absolute Gasteiger partial charge is 0.358 e. The van der Waals surface area contributed by atoms with Gasteiger partial charge in [0.05, 0.1) is 12.7 Å². The van der Waals surface area contributed by atoms with Crippen molar-refractivity contribution in [2.24, 2.45) is 0 Å². The highest BCUT2D eigenvalue weighted by Gasteiger charge is 2.17. The van der Waals surface area contributed by atoms with Crippen LogP contribution in [0.5, 0.6) is 11.5 Å². The van der Waals surface area contributed by atoms with Gasteiger partial charge in [-0.3, -0.25) is 0 Å². The van der Waals surface area contributed by atoms with Crippen LogP contribution in [0.4, 0.5) is 4.39 Å². The number of carboxylic acids is 1. The number of aromatic carboxylic acids is 1. The molecule has 0 aliphatic rings. The molecular weight excluding hydrogens is 245 g/mol. The molecule has 2 rings (SSSR count). The molecule has 0 saturated heterocycles. The third-order valence-corrected chi connectivity index (χ3v) is 2.26. The number of benzene rings is 1. The van der Waals surface area contributed by atoms with Crippen LogP contribution < -0.4 is 4.74 Å². The van der Waals surface area contributed by atoms with Gasteiger partial charge in [-0.25, -0.2) is 9.18 Å². The molecule has 7 heteroatoms. The zero-order valence-corrected chi connectivity index (χ0v) is 9.18. The molecule has 0 aliphatic heterocycles. The molecule has 0 unspecified atom stereocenters. The second-order valence-electron chi connectivity index (χ2n) is 3.39. The Morgan fingerprint density at radius 1 is 1.44 bits per heavy atom. The number of carboxylic acid groups (broad SMARTS) is 1. The number of hydrogen-bond acceptors (Lipinski definition) is 5. The van der Waals surface area contributed by atoms with Crippen LogP contribution in [0.1, 0.15) is 10.5 Å². The summed E-state index contributed by atoms with van der Waals surface area (Å²) in [5.74, 6) is -2.47. The molecule has 0 radical (unpaired) electrons. The zero-order chi connectivity index (χ0) is 13.3. The Morgan fingerprint density at radius 3 is 2.72 bits per heavy atom. The van der Waals surface area contributed by atoms with E-state index in [4.69, 9.17) is 9.63 Å². The number of carbonyl (C=O) groups is 1. The topological polar surface area (TPSA) is 92.8 Å². The minimum atomic E-state index is -1.28. The fourth-order valence-corrected chi connectivity index (χ4v) is 1.40. The summed E-state index contributed by atoms with van der Waals surface area (Å²) in [6, 6.07) is 3.12. The number of ether oxygens (including phenoxy) is 1. The number of halogens is 1. The predicted molar refractivity (Wildman–Crippen MR) is 57.1 cm³/mol. The van der Waals surface area contributed by atoms with E-state index in [2.05, 4.69) is 9.89 Å². The van der Waals surface area contributed by atoms with Crippen LogP contribution >= 0.6 is 0 Å². The Bertz CT molecular complexity index is 607. The number of aromatic nitrogens is 1. The van der Waals surface area contributed by atoms with Crippen molar-refractivity contribution in [3.63, 3.8) is 0 Å². The lowest BCUT2D eigenvalue weighted by atomic mass is 10.1. The maximum absolute atomic E-state index is 13.5. The largest absolute Gasteiger partial charge is 0.507 e. The summed E-state index contributed by atoms with van der Waals surface area (Å²) in [5, 5.41) is 21.6. The van der Waals surface area contributed by atoms with Gasteiger partial charge in [-0.05, 0) is 6.07 Å². The Morgan fingerprint density at radius 2 is 2.17 bits per heavy atom. The van der Waals surface area contributed by atoms with E-state index in [1.54, 1.807) is 0 Å². The minimum Gasteiger partial charge on any atom is -0.507 e. The van der Waals surface area contributed by atoms with E-state index in [9.17, 15) is 14.3 Å². The van der Waals surface area contributed by atoms with Gasteiger partial charge in [-0.15, -0.1) is 0 Å². The lowest BCUT2D eigenvalue weighted by molar-refractivity contribution is 0.0686. The average molecular weight is 253 g/mol. The van der Waals surface area contributed by atoms with E-state index < -0.39 is 11.8 Å². The fourth-order valence-electron chi connectivity index (χ4n) is 1.40. The van der Waals surface area contributed by atoms with E-state index in [0.717, 1.165) is 18.2 Å². The number of nitrogens with zero attached hydrogens (tertiary/aromatic N) is 1. The first-order valence-electron chi connectivity index (χ1n) is 4.80. The van der Waals surface area contributed by atoms with Crippen LogP contribution in [0.3, 0.4) is 0 Å². The number of hydrogen-bond donors (Lipinski definition) is 2.